The molecule has 2 heterocycles. The van der Waals surface area contributed by atoms with E-state index in [1.165, 1.54) is 13.3 Å². The number of ether oxygens (including phenoxy) is 1. The molecule has 0 spiro atoms. The molecule has 0 aliphatic rings. The molecule has 0 aliphatic carbocycles. The lowest BCUT2D eigenvalue weighted by atomic mass is 10.1. The van der Waals surface area contributed by atoms with Gasteiger partial charge in [0.1, 0.15) is 11.3 Å². The Bertz CT molecular complexity index is 888. The highest BCUT2D eigenvalue weighted by atomic mass is 16.5. The molecular weight excluding hydrogens is 258 g/mol. The maximum Gasteiger partial charge on any atom is 0.315 e. The largest absolute Gasteiger partial charge is 0.496 e. The van der Waals surface area contributed by atoms with Crippen molar-refractivity contribution < 1.29 is 9.72 Å². The van der Waals surface area contributed by atoms with Crippen LogP contribution in [0.5, 0.6) is 5.75 Å². The molecule has 0 unspecified atom stereocenters. The van der Waals surface area contributed by atoms with E-state index < -0.39 is 0 Å². The zero-order valence-electron chi connectivity index (χ0n) is 10.5. The number of benzene rings is 1. The molecule has 3 N–H and O–H groups in total. The molecule has 98 valence electrons. The standard InChI is InChI=1S/C13H9N5O2/c1-20-10-4-7(5-14)2-3-8(10)12-16-9-6-15-18-13(19)11(9)17-12/h2-4,6H,1H3,(H,16,17)(H,18,19)/p+1. The lowest BCUT2D eigenvalue weighted by Crippen LogP contribution is -2.15. The topological polar surface area (TPSA) is 109 Å². The summed E-state index contributed by atoms with van der Waals surface area (Å²) in [7, 11) is 1.52. The molecule has 0 bridgehead atoms. The Morgan fingerprint density at radius 3 is 3.00 bits per heavy atom. The summed E-state index contributed by atoms with van der Waals surface area (Å²) in [5.41, 5.74) is 1.91. The Morgan fingerprint density at radius 1 is 1.45 bits per heavy atom. The lowest BCUT2D eigenvalue weighted by molar-refractivity contribution is -0.331. The fraction of sp³-hybridized carbons (Fsp3) is 0.0769. The Balaban J connectivity index is 2.23. The van der Waals surface area contributed by atoms with Gasteiger partial charge in [0.2, 0.25) is 5.52 Å². The molecule has 3 rings (SSSR count). The van der Waals surface area contributed by atoms with Crippen molar-refractivity contribution >= 4 is 11.0 Å². The number of nitriles is 1. The number of rotatable bonds is 2. The van der Waals surface area contributed by atoms with Gasteiger partial charge in [0, 0.05) is 0 Å². The second kappa shape index (κ2) is 4.51. The number of aromatic amines is 3. The molecule has 0 aliphatic heterocycles. The average Bonchev–Trinajstić information content (AvgIpc) is 2.92. The minimum absolute atomic E-state index is 0.308. The van der Waals surface area contributed by atoms with Crippen LogP contribution in [0.4, 0.5) is 0 Å². The van der Waals surface area contributed by atoms with Gasteiger partial charge in [-0.05, 0) is 18.2 Å². The van der Waals surface area contributed by atoms with Crippen LogP contribution in [-0.4, -0.2) is 22.3 Å². The summed E-state index contributed by atoms with van der Waals surface area (Å²) >= 11 is 0. The van der Waals surface area contributed by atoms with Crippen LogP contribution in [-0.2, 0) is 0 Å². The molecule has 7 nitrogen and oxygen atoms in total. The van der Waals surface area contributed by atoms with Crippen molar-refractivity contribution in [1.29, 1.82) is 5.26 Å². The van der Waals surface area contributed by atoms with Crippen molar-refractivity contribution in [2.75, 3.05) is 7.11 Å². The zero-order valence-corrected chi connectivity index (χ0v) is 10.5. The van der Waals surface area contributed by atoms with Crippen molar-refractivity contribution in [2.24, 2.45) is 0 Å². The van der Waals surface area contributed by atoms with E-state index in [9.17, 15) is 4.79 Å². The third kappa shape index (κ3) is 1.80. The number of aromatic nitrogens is 4. The van der Waals surface area contributed by atoms with Crippen LogP contribution in [0.2, 0.25) is 0 Å². The summed E-state index contributed by atoms with van der Waals surface area (Å²) in [5.74, 6) is 1.15. The number of hydrogen-bond acceptors (Lipinski definition) is 4. The minimum Gasteiger partial charge on any atom is -0.496 e. The van der Waals surface area contributed by atoms with E-state index in [4.69, 9.17) is 10.00 Å². The average molecular weight is 268 g/mol. The van der Waals surface area contributed by atoms with Gasteiger partial charge < -0.3 is 4.74 Å². The molecule has 3 aromatic rings. The molecule has 0 saturated heterocycles. The fourth-order valence-corrected chi connectivity index (χ4v) is 2.01. The summed E-state index contributed by atoms with van der Waals surface area (Å²) in [6.07, 6.45) is 1.52. The van der Waals surface area contributed by atoms with Crippen LogP contribution >= 0.6 is 0 Å². The molecule has 2 aromatic heterocycles. The second-order valence-electron chi connectivity index (χ2n) is 4.14. The van der Waals surface area contributed by atoms with Gasteiger partial charge in [0.15, 0.2) is 5.52 Å². The quantitative estimate of drug-likeness (QED) is 0.709. The number of nitrogens with one attached hydrogen (secondary N) is 3. The first-order chi connectivity index (χ1) is 9.72. The number of fused-ring (bicyclic) bond motifs is 1. The highest BCUT2D eigenvalue weighted by molar-refractivity contribution is 5.74. The first kappa shape index (κ1) is 11.9. The summed E-state index contributed by atoms with van der Waals surface area (Å²) in [6.45, 7) is 0. The number of methoxy groups -OCH3 is 1. The predicted molar refractivity (Wildman–Crippen MR) is 70.0 cm³/mol. The van der Waals surface area contributed by atoms with E-state index in [0.717, 1.165) is 5.56 Å². The summed E-state index contributed by atoms with van der Waals surface area (Å²) in [5, 5.41) is 15.0. The molecule has 0 amide bonds. The van der Waals surface area contributed by atoms with Gasteiger partial charge in [0.05, 0.1) is 24.9 Å². The second-order valence-corrected chi connectivity index (χ2v) is 4.14. The summed E-state index contributed by atoms with van der Waals surface area (Å²) in [6, 6.07) is 7.12. The van der Waals surface area contributed by atoms with E-state index in [-0.39, 0.29) is 5.56 Å². The third-order valence-electron chi connectivity index (χ3n) is 2.97. The smallest absolute Gasteiger partial charge is 0.315 e. The highest BCUT2D eigenvalue weighted by Gasteiger charge is 2.18. The zero-order chi connectivity index (χ0) is 14.1. The first-order valence-electron chi connectivity index (χ1n) is 5.80. The summed E-state index contributed by atoms with van der Waals surface area (Å²) in [4.78, 5) is 17.7. The normalized spacial score (nSPS) is 10.4. The van der Waals surface area contributed by atoms with Crippen LogP contribution in [0, 0.1) is 11.3 Å². The number of hydrogen-bond donors (Lipinski definition) is 2. The van der Waals surface area contributed by atoms with Gasteiger partial charge in [0.25, 0.3) is 5.82 Å². The van der Waals surface area contributed by atoms with Crippen LogP contribution < -0.4 is 15.3 Å². The van der Waals surface area contributed by atoms with Crippen molar-refractivity contribution in [3.05, 3.63) is 40.3 Å². The fourth-order valence-electron chi connectivity index (χ4n) is 2.01. The van der Waals surface area contributed by atoms with Crippen molar-refractivity contribution in [2.45, 2.75) is 0 Å². The monoisotopic (exact) mass is 268 g/mol. The van der Waals surface area contributed by atoms with Gasteiger partial charge in [-0.3, -0.25) is 4.79 Å². The van der Waals surface area contributed by atoms with Crippen molar-refractivity contribution in [3.63, 3.8) is 0 Å². The molecule has 0 fully saturated rings. The minimum atomic E-state index is -0.308. The van der Waals surface area contributed by atoms with Crippen LogP contribution in [0.3, 0.4) is 0 Å². The molecule has 0 saturated carbocycles. The SMILES string of the molecule is COc1cc(C#N)ccc1-c1[nH]c2cn[nH]c(=O)c2[nH+]1. The third-order valence-corrected chi connectivity index (χ3v) is 2.97. The molecule has 1 aromatic carbocycles. The van der Waals surface area contributed by atoms with Crippen LogP contribution in [0.25, 0.3) is 22.4 Å². The Hall–Kier alpha value is -3.14. The number of nitrogens with zero attached hydrogens (tertiary/aromatic N) is 2. The summed E-state index contributed by atoms with van der Waals surface area (Å²) < 4.78 is 5.28. The Labute approximate surface area is 112 Å². The predicted octanol–water partition coefficient (Wildman–Crippen LogP) is 0.613. The molecule has 0 radical (unpaired) electrons. The maximum atomic E-state index is 11.6. The van der Waals surface area contributed by atoms with Crippen molar-refractivity contribution in [1.82, 2.24) is 15.2 Å². The van der Waals surface area contributed by atoms with E-state index in [2.05, 4.69) is 26.2 Å². The lowest BCUT2D eigenvalue weighted by Gasteiger charge is -2.03. The Morgan fingerprint density at radius 2 is 2.30 bits per heavy atom. The van der Waals surface area contributed by atoms with Crippen molar-refractivity contribution in [3.8, 4) is 23.2 Å². The maximum absolute atomic E-state index is 11.6. The number of H-pyrrole nitrogens is 3. The molecule has 0 atom stereocenters. The molecular formula is C13H10N5O2+. The highest BCUT2D eigenvalue weighted by Crippen LogP contribution is 2.27. The molecule has 20 heavy (non-hydrogen) atoms. The molecule has 7 heteroatoms. The Kier molecular flexibility index (Phi) is 2.69. The van der Waals surface area contributed by atoms with E-state index >= 15 is 0 Å². The van der Waals surface area contributed by atoms with Gasteiger partial charge in [-0.15, -0.1) is 0 Å². The van der Waals surface area contributed by atoms with Gasteiger partial charge in [-0.1, -0.05) is 0 Å². The van der Waals surface area contributed by atoms with Crippen LogP contribution in [0.15, 0.2) is 29.2 Å². The van der Waals surface area contributed by atoms with Crippen LogP contribution in [0.1, 0.15) is 5.56 Å². The van der Waals surface area contributed by atoms with E-state index in [1.54, 1.807) is 18.2 Å². The first-order valence-corrected chi connectivity index (χ1v) is 5.80. The number of imidazole rings is 1. The van der Waals surface area contributed by atoms with Gasteiger partial charge >= 0.3 is 5.56 Å². The van der Waals surface area contributed by atoms with Gasteiger partial charge in [-0.25, -0.2) is 15.1 Å². The van der Waals surface area contributed by atoms with Gasteiger partial charge in [-0.2, -0.15) is 10.4 Å². The van der Waals surface area contributed by atoms with E-state index in [0.29, 0.717) is 28.2 Å². The van der Waals surface area contributed by atoms with E-state index in [1.807, 2.05) is 0 Å².